The Labute approximate surface area is 141 Å². The van der Waals surface area contributed by atoms with Gasteiger partial charge in [0.25, 0.3) is 0 Å². The van der Waals surface area contributed by atoms with Crippen LogP contribution in [0.1, 0.15) is 16.7 Å². The fourth-order valence-corrected chi connectivity index (χ4v) is 2.03. The van der Waals surface area contributed by atoms with Gasteiger partial charge in [-0.05, 0) is 35.4 Å². The number of carbonyl (C=O) groups is 1. The van der Waals surface area contributed by atoms with Crippen molar-refractivity contribution in [2.45, 2.75) is 12.6 Å². The molecule has 0 saturated heterocycles. The molecule has 2 aromatic carbocycles. The smallest absolute Gasteiger partial charge is 0.416 e. The normalized spacial score (nSPS) is 11.6. The van der Waals surface area contributed by atoms with E-state index in [4.69, 9.17) is 4.74 Å². The minimum Gasteiger partial charge on any atom is -0.504 e. The van der Waals surface area contributed by atoms with Gasteiger partial charge in [-0.15, -0.1) is 0 Å². The molecule has 0 aromatic heterocycles. The average molecular weight is 352 g/mol. The Morgan fingerprint density at radius 2 is 1.84 bits per heavy atom. The van der Waals surface area contributed by atoms with E-state index in [-0.39, 0.29) is 24.5 Å². The van der Waals surface area contributed by atoms with E-state index in [1.807, 2.05) is 0 Å². The lowest BCUT2D eigenvalue weighted by Crippen LogP contribution is -2.07. The molecule has 0 heterocycles. The number of phenols is 2. The Hall–Kier alpha value is -2.96. The van der Waals surface area contributed by atoms with E-state index < -0.39 is 17.7 Å². The molecule has 0 unspecified atom stereocenters. The van der Waals surface area contributed by atoms with Crippen molar-refractivity contribution < 1.29 is 32.9 Å². The zero-order valence-electron chi connectivity index (χ0n) is 13.0. The van der Waals surface area contributed by atoms with Crippen molar-refractivity contribution in [3.63, 3.8) is 0 Å². The summed E-state index contributed by atoms with van der Waals surface area (Å²) in [6.45, 7) is -0.0642. The van der Waals surface area contributed by atoms with Crippen LogP contribution in [0, 0.1) is 0 Å². The number of benzene rings is 2. The summed E-state index contributed by atoms with van der Waals surface area (Å²) in [5.41, 5.74) is 0.142. The van der Waals surface area contributed by atoms with Crippen molar-refractivity contribution in [3.8, 4) is 11.5 Å². The highest BCUT2D eigenvalue weighted by Gasteiger charge is 2.30. The third-order valence-electron chi connectivity index (χ3n) is 3.30. The number of aromatic hydroxyl groups is 2. The van der Waals surface area contributed by atoms with Crippen LogP contribution in [0.15, 0.2) is 48.5 Å². The van der Waals surface area contributed by atoms with Gasteiger partial charge in [-0.1, -0.05) is 24.3 Å². The van der Waals surface area contributed by atoms with Crippen LogP contribution in [0.2, 0.25) is 0 Å². The lowest BCUT2D eigenvalue weighted by molar-refractivity contribution is -0.138. The first kappa shape index (κ1) is 18.4. The SMILES string of the molecule is O=C(/C=C/c1ccc(O)c(O)c1)OCCc1cccc(C(F)(F)F)c1. The van der Waals surface area contributed by atoms with Crippen LogP contribution in [-0.4, -0.2) is 22.8 Å². The Morgan fingerprint density at radius 1 is 1.08 bits per heavy atom. The van der Waals surface area contributed by atoms with E-state index in [2.05, 4.69) is 0 Å². The summed E-state index contributed by atoms with van der Waals surface area (Å²) in [7, 11) is 0. The van der Waals surface area contributed by atoms with Crippen LogP contribution >= 0.6 is 0 Å². The molecule has 2 aromatic rings. The van der Waals surface area contributed by atoms with Gasteiger partial charge in [-0.25, -0.2) is 4.79 Å². The third-order valence-corrected chi connectivity index (χ3v) is 3.30. The zero-order valence-corrected chi connectivity index (χ0v) is 13.0. The highest BCUT2D eigenvalue weighted by Crippen LogP contribution is 2.29. The summed E-state index contributed by atoms with van der Waals surface area (Å²) in [6.07, 6.45) is -1.75. The van der Waals surface area contributed by atoms with Gasteiger partial charge in [0.1, 0.15) is 0 Å². The van der Waals surface area contributed by atoms with Crippen molar-refractivity contribution in [1.82, 2.24) is 0 Å². The second-order valence-corrected chi connectivity index (χ2v) is 5.20. The first-order valence-corrected chi connectivity index (χ1v) is 7.28. The molecule has 0 amide bonds. The summed E-state index contributed by atoms with van der Waals surface area (Å²) in [5.74, 6) is -1.26. The van der Waals surface area contributed by atoms with E-state index in [0.717, 1.165) is 18.2 Å². The molecule has 2 N–H and O–H groups in total. The maximum absolute atomic E-state index is 12.6. The van der Waals surface area contributed by atoms with Gasteiger partial charge >= 0.3 is 12.1 Å². The molecule has 132 valence electrons. The van der Waals surface area contributed by atoms with E-state index in [1.54, 1.807) is 0 Å². The third kappa shape index (κ3) is 5.56. The molecule has 0 radical (unpaired) electrons. The summed E-state index contributed by atoms with van der Waals surface area (Å²) < 4.78 is 42.7. The number of phenolic OH excluding ortho intramolecular Hbond substituents is 2. The Balaban J connectivity index is 1.86. The fourth-order valence-electron chi connectivity index (χ4n) is 2.03. The molecule has 0 atom stereocenters. The molecule has 0 aliphatic rings. The number of halogens is 3. The summed E-state index contributed by atoms with van der Waals surface area (Å²) in [5, 5.41) is 18.5. The van der Waals surface area contributed by atoms with Gasteiger partial charge in [0, 0.05) is 12.5 Å². The standard InChI is InChI=1S/C18H15F3O4/c19-18(20,21)14-3-1-2-12(10-14)8-9-25-17(24)7-5-13-4-6-15(22)16(23)11-13/h1-7,10-11,22-23H,8-9H2/b7-5+. The number of rotatable bonds is 5. The van der Waals surface area contributed by atoms with E-state index >= 15 is 0 Å². The zero-order chi connectivity index (χ0) is 18.4. The van der Waals surface area contributed by atoms with Crippen LogP contribution in [0.4, 0.5) is 13.2 Å². The first-order chi connectivity index (χ1) is 11.8. The number of esters is 1. The highest BCUT2D eigenvalue weighted by atomic mass is 19.4. The number of hydrogen-bond donors (Lipinski definition) is 2. The Morgan fingerprint density at radius 3 is 2.52 bits per heavy atom. The molecule has 2 rings (SSSR count). The van der Waals surface area contributed by atoms with Crippen LogP contribution in [0.5, 0.6) is 11.5 Å². The molecular formula is C18H15F3O4. The number of carbonyl (C=O) groups excluding carboxylic acids is 1. The second-order valence-electron chi connectivity index (χ2n) is 5.20. The molecule has 0 fully saturated rings. The maximum atomic E-state index is 12.6. The van der Waals surface area contributed by atoms with Crippen molar-refractivity contribution in [3.05, 3.63) is 65.2 Å². The number of alkyl halides is 3. The molecule has 25 heavy (non-hydrogen) atoms. The van der Waals surface area contributed by atoms with Gasteiger partial charge < -0.3 is 14.9 Å². The largest absolute Gasteiger partial charge is 0.504 e. The van der Waals surface area contributed by atoms with Crippen molar-refractivity contribution >= 4 is 12.0 Å². The minimum absolute atomic E-state index is 0.0642. The van der Waals surface area contributed by atoms with Crippen molar-refractivity contribution in [2.75, 3.05) is 6.61 Å². The lowest BCUT2D eigenvalue weighted by atomic mass is 10.1. The quantitative estimate of drug-likeness (QED) is 0.486. The molecular weight excluding hydrogens is 337 g/mol. The van der Waals surface area contributed by atoms with Crippen LogP contribution in [-0.2, 0) is 22.1 Å². The topological polar surface area (TPSA) is 66.8 Å². The predicted molar refractivity (Wildman–Crippen MR) is 84.9 cm³/mol. The van der Waals surface area contributed by atoms with Crippen molar-refractivity contribution in [2.24, 2.45) is 0 Å². The van der Waals surface area contributed by atoms with E-state index in [1.165, 1.54) is 36.4 Å². The molecule has 0 spiro atoms. The first-order valence-electron chi connectivity index (χ1n) is 7.28. The lowest BCUT2D eigenvalue weighted by Gasteiger charge is -2.08. The molecule has 7 heteroatoms. The van der Waals surface area contributed by atoms with E-state index in [0.29, 0.717) is 11.1 Å². The van der Waals surface area contributed by atoms with Gasteiger partial charge in [-0.3, -0.25) is 0 Å². The molecule has 0 aliphatic heterocycles. The maximum Gasteiger partial charge on any atom is 0.416 e. The predicted octanol–water partition coefficient (Wildman–Crippen LogP) is 3.92. The monoisotopic (exact) mass is 352 g/mol. The Kier molecular flexibility index (Phi) is 5.69. The minimum atomic E-state index is -4.41. The van der Waals surface area contributed by atoms with Crippen LogP contribution < -0.4 is 0 Å². The number of ether oxygens (including phenoxy) is 1. The number of hydrogen-bond acceptors (Lipinski definition) is 4. The second kappa shape index (κ2) is 7.74. The van der Waals surface area contributed by atoms with Gasteiger partial charge in [0.15, 0.2) is 11.5 Å². The van der Waals surface area contributed by atoms with E-state index in [9.17, 15) is 28.2 Å². The molecule has 0 aliphatic carbocycles. The molecule has 0 saturated carbocycles. The highest BCUT2D eigenvalue weighted by molar-refractivity contribution is 5.87. The molecule has 4 nitrogen and oxygen atoms in total. The average Bonchev–Trinajstić information content (AvgIpc) is 2.55. The summed E-state index contributed by atoms with van der Waals surface area (Å²) >= 11 is 0. The summed E-state index contributed by atoms with van der Waals surface area (Å²) in [6, 6.07) is 8.85. The fraction of sp³-hybridized carbons (Fsp3) is 0.167. The van der Waals surface area contributed by atoms with Gasteiger partial charge in [0.05, 0.1) is 12.2 Å². The van der Waals surface area contributed by atoms with Gasteiger partial charge in [0.2, 0.25) is 0 Å². The molecule has 0 bridgehead atoms. The van der Waals surface area contributed by atoms with Crippen LogP contribution in [0.3, 0.4) is 0 Å². The summed E-state index contributed by atoms with van der Waals surface area (Å²) in [4.78, 5) is 11.6. The van der Waals surface area contributed by atoms with Crippen LogP contribution in [0.25, 0.3) is 6.08 Å². The van der Waals surface area contributed by atoms with Crippen molar-refractivity contribution in [1.29, 1.82) is 0 Å². The van der Waals surface area contributed by atoms with Gasteiger partial charge in [-0.2, -0.15) is 13.2 Å². The Bertz CT molecular complexity index is 782.